The Morgan fingerprint density at radius 1 is 1.31 bits per heavy atom. The molecule has 0 saturated heterocycles. The second kappa shape index (κ2) is 8.80. The van der Waals surface area contributed by atoms with Gasteiger partial charge in [-0.1, -0.05) is 50.9 Å². The number of esters is 1. The van der Waals surface area contributed by atoms with Crippen LogP contribution in [0.5, 0.6) is 0 Å². The van der Waals surface area contributed by atoms with Gasteiger partial charge in [-0.2, -0.15) is 0 Å². The Labute approximate surface area is 160 Å². The molecule has 0 aromatic heterocycles. The standard InChI is InChI=1S/C20H29N3O2S/c1-4-6-7-8-12-22-18-14-15(19(24)25-3)9-10-16(18)17(5-2)23(22)20-21-11-13-26-20/h9-10,14,17H,4-8,11-13H2,1-3H3. The van der Waals surface area contributed by atoms with Gasteiger partial charge in [-0.15, -0.1) is 0 Å². The summed E-state index contributed by atoms with van der Waals surface area (Å²) in [7, 11) is 1.43. The van der Waals surface area contributed by atoms with E-state index in [2.05, 4.69) is 29.9 Å². The SMILES string of the molecule is CCCCCCN1c2cc(C(=O)OC)ccc2C(CC)N1C1=NCCS1. The predicted octanol–water partition coefficient (Wildman–Crippen LogP) is 4.64. The molecule has 2 heterocycles. The normalized spacial score (nSPS) is 18.9. The lowest BCUT2D eigenvalue weighted by molar-refractivity contribution is 0.0601. The number of hydrazine groups is 1. The van der Waals surface area contributed by atoms with Crippen molar-refractivity contribution in [2.45, 2.75) is 52.0 Å². The first-order valence-electron chi connectivity index (χ1n) is 9.67. The van der Waals surface area contributed by atoms with Crippen LogP contribution in [0.3, 0.4) is 0 Å². The minimum Gasteiger partial charge on any atom is -0.465 e. The molecular weight excluding hydrogens is 346 g/mol. The Balaban J connectivity index is 1.94. The number of benzene rings is 1. The fourth-order valence-corrected chi connectivity index (χ4v) is 4.62. The molecule has 0 spiro atoms. The maximum absolute atomic E-state index is 12.0. The summed E-state index contributed by atoms with van der Waals surface area (Å²) in [6, 6.07) is 6.25. The van der Waals surface area contributed by atoms with E-state index in [4.69, 9.17) is 9.73 Å². The van der Waals surface area contributed by atoms with Crippen LogP contribution in [0.1, 0.15) is 67.9 Å². The van der Waals surface area contributed by atoms with Crippen molar-refractivity contribution >= 4 is 28.6 Å². The third-order valence-corrected chi connectivity index (χ3v) is 5.98. The van der Waals surface area contributed by atoms with Crippen molar-refractivity contribution in [1.29, 1.82) is 0 Å². The molecule has 1 unspecified atom stereocenters. The molecule has 26 heavy (non-hydrogen) atoms. The first-order chi connectivity index (χ1) is 12.7. The number of hydrogen-bond donors (Lipinski definition) is 0. The molecule has 2 aliphatic rings. The number of ether oxygens (including phenoxy) is 1. The zero-order valence-electron chi connectivity index (χ0n) is 16.0. The number of nitrogens with zero attached hydrogens (tertiary/aromatic N) is 3. The Bertz CT molecular complexity index is 677. The van der Waals surface area contributed by atoms with Crippen molar-refractivity contribution in [3.05, 3.63) is 29.3 Å². The summed E-state index contributed by atoms with van der Waals surface area (Å²) in [5, 5.41) is 5.83. The summed E-state index contributed by atoms with van der Waals surface area (Å²) in [5.41, 5.74) is 3.03. The number of fused-ring (bicyclic) bond motifs is 1. The van der Waals surface area contributed by atoms with Crippen molar-refractivity contribution in [3.63, 3.8) is 0 Å². The average Bonchev–Trinajstić information content (AvgIpc) is 3.29. The van der Waals surface area contributed by atoms with Crippen molar-refractivity contribution in [2.75, 3.05) is 31.0 Å². The van der Waals surface area contributed by atoms with Gasteiger partial charge in [-0.05, 0) is 25.0 Å². The van der Waals surface area contributed by atoms with Gasteiger partial charge in [0.1, 0.15) is 0 Å². The number of aliphatic imine (C=N–C) groups is 1. The Morgan fingerprint density at radius 2 is 2.15 bits per heavy atom. The molecule has 0 N–H and O–H groups in total. The topological polar surface area (TPSA) is 45.1 Å². The zero-order chi connectivity index (χ0) is 18.5. The number of anilines is 1. The van der Waals surface area contributed by atoms with E-state index in [1.165, 1.54) is 31.9 Å². The van der Waals surface area contributed by atoms with Gasteiger partial charge in [0.2, 0.25) is 0 Å². The number of carbonyl (C=O) groups is 1. The van der Waals surface area contributed by atoms with Crippen molar-refractivity contribution in [1.82, 2.24) is 5.01 Å². The molecular formula is C20H29N3O2S. The van der Waals surface area contributed by atoms with E-state index < -0.39 is 0 Å². The van der Waals surface area contributed by atoms with Crippen LogP contribution in [0.4, 0.5) is 5.69 Å². The molecule has 0 aliphatic carbocycles. The quantitative estimate of drug-likeness (QED) is 0.513. The van der Waals surface area contributed by atoms with E-state index in [1.807, 2.05) is 23.9 Å². The minimum atomic E-state index is -0.280. The molecule has 0 bridgehead atoms. The molecule has 1 aromatic carbocycles. The number of rotatable bonds is 7. The molecule has 142 valence electrons. The van der Waals surface area contributed by atoms with Gasteiger partial charge in [0.05, 0.1) is 30.9 Å². The predicted molar refractivity (Wildman–Crippen MR) is 109 cm³/mol. The molecule has 1 atom stereocenters. The third-order valence-electron chi connectivity index (χ3n) is 5.02. The monoisotopic (exact) mass is 375 g/mol. The smallest absolute Gasteiger partial charge is 0.337 e. The number of carbonyl (C=O) groups excluding carboxylic acids is 1. The van der Waals surface area contributed by atoms with Crippen LogP contribution in [-0.2, 0) is 4.74 Å². The highest BCUT2D eigenvalue weighted by Crippen LogP contribution is 2.44. The Hall–Kier alpha value is -1.69. The average molecular weight is 376 g/mol. The van der Waals surface area contributed by atoms with Crippen molar-refractivity contribution in [2.24, 2.45) is 4.99 Å². The van der Waals surface area contributed by atoms with Crippen LogP contribution in [0.2, 0.25) is 0 Å². The maximum Gasteiger partial charge on any atom is 0.337 e. The maximum atomic E-state index is 12.0. The molecule has 0 amide bonds. The Morgan fingerprint density at radius 3 is 2.81 bits per heavy atom. The first kappa shape index (κ1) is 19.1. The molecule has 0 radical (unpaired) electrons. The summed E-state index contributed by atoms with van der Waals surface area (Å²) in [4.78, 5) is 16.8. The van der Waals surface area contributed by atoms with Crippen LogP contribution in [0.25, 0.3) is 0 Å². The fourth-order valence-electron chi connectivity index (χ4n) is 3.72. The molecule has 2 aliphatic heterocycles. The van der Waals surface area contributed by atoms with E-state index >= 15 is 0 Å². The van der Waals surface area contributed by atoms with E-state index in [0.717, 1.165) is 42.5 Å². The van der Waals surface area contributed by atoms with Crippen LogP contribution < -0.4 is 5.01 Å². The van der Waals surface area contributed by atoms with Gasteiger partial charge in [-0.3, -0.25) is 15.0 Å². The van der Waals surface area contributed by atoms with Gasteiger partial charge >= 0.3 is 5.97 Å². The van der Waals surface area contributed by atoms with Crippen LogP contribution >= 0.6 is 11.8 Å². The Kier molecular flexibility index (Phi) is 6.46. The van der Waals surface area contributed by atoms with E-state index in [-0.39, 0.29) is 12.0 Å². The van der Waals surface area contributed by atoms with E-state index in [0.29, 0.717) is 5.56 Å². The van der Waals surface area contributed by atoms with Gasteiger partial charge in [0.25, 0.3) is 0 Å². The lowest BCUT2D eigenvalue weighted by Gasteiger charge is -2.35. The van der Waals surface area contributed by atoms with E-state index in [1.54, 1.807) is 0 Å². The molecule has 0 saturated carbocycles. The minimum absolute atomic E-state index is 0.280. The van der Waals surface area contributed by atoms with Gasteiger partial charge in [-0.25, -0.2) is 4.79 Å². The first-order valence-corrected chi connectivity index (χ1v) is 10.7. The second-order valence-corrected chi connectivity index (χ2v) is 7.79. The molecule has 1 aromatic rings. The summed E-state index contributed by atoms with van der Waals surface area (Å²) in [6.45, 7) is 6.29. The highest BCUT2D eigenvalue weighted by molar-refractivity contribution is 8.14. The van der Waals surface area contributed by atoms with Crippen LogP contribution in [0, 0.1) is 0 Å². The molecule has 5 nitrogen and oxygen atoms in total. The lowest BCUT2D eigenvalue weighted by Crippen LogP contribution is -2.43. The van der Waals surface area contributed by atoms with Crippen LogP contribution in [0.15, 0.2) is 23.2 Å². The molecule has 6 heteroatoms. The number of hydrogen-bond acceptors (Lipinski definition) is 6. The highest BCUT2D eigenvalue weighted by atomic mass is 32.2. The van der Waals surface area contributed by atoms with Crippen molar-refractivity contribution < 1.29 is 9.53 Å². The summed E-state index contributed by atoms with van der Waals surface area (Å²) < 4.78 is 4.93. The largest absolute Gasteiger partial charge is 0.465 e. The summed E-state index contributed by atoms with van der Waals surface area (Å²) in [5.74, 6) is 0.771. The second-order valence-electron chi connectivity index (χ2n) is 6.73. The van der Waals surface area contributed by atoms with Crippen LogP contribution in [-0.4, -0.2) is 42.1 Å². The number of methoxy groups -OCH3 is 1. The summed E-state index contributed by atoms with van der Waals surface area (Å²) in [6.07, 6.45) is 5.86. The van der Waals surface area contributed by atoms with E-state index in [9.17, 15) is 4.79 Å². The molecule has 3 rings (SSSR count). The summed E-state index contributed by atoms with van der Waals surface area (Å²) >= 11 is 1.83. The lowest BCUT2D eigenvalue weighted by atomic mass is 10.0. The van der Waals surface area contributed by atoms with Gasteiger partial charge in [0.15, 0.2) is 5.17 Å². The van der Waals surface area contributed by atoms with Crippen molar-refractivity contribution in [3.8, 4) is 0 Å². The van der Waals surface area contributed by atoms with Gasteiger partial charge in [0, 0.05) is 17.9 Å². The zero-order valence-corrected chi connectivity index (χ0v) is 16.8. The number of thioether (sulfide) groups is 1. The number of unbranched alkanes of at least 4 members (excludes halogenated alkanes) is 3. The molecule has 0 fully saturated rings. The van der Waals surface area contributed by atoms with Gasteiger partial charge < -0.3 is 4.74 Å². The highest BCUT2D eigenvalue weighted by Gasteiger charge is 2.38. The number of amidine groups is 1. The third kappa shape index (κ3) is 3.70. The fraction of sp³-hybridized carbons (Fsp3) is 0.600.